The van der Waals surface area contributed by atoms with E-state index in [9.17, 15) is 9.90 Å². The number of ether oxygens (including phenoxy) is 1. The topological polar surface area (TPSA) is 49.8 Å². The number of hydrogen-bond acceptors (Lipinski definition) is 4. The molecule has 2 heterocycles. The van der Waals surface area contributed by atoms with Gasteiger partial charge in [0.15, 0.2) is 0 Å². The molecule has 104 valence electrons. The zero-order valence-corrected chi connectivity index (χ0v) is 12.1. The smallest absolute Gasteiger partial charge is 0.305 e. The average molecular weight is 273 g/mol. The minimum Gasteiger partial charge on any atom is -0.481 e. The molecule has 0 bridgehead atoms. The molecule has 4 nitrogen and oxygen atoms in total. The molecular weight excluding hydrogens is 250 g/mol. The summed E-state index contributed by atoms with van der Waals surface area (Å²) in [6, 6.07) is 0. The number of morpholine rings is 1. The van der Waals surface area contributed by atoms with Crippen molar-refractivity contribution in [3.05, 3.63) is 0 Å². The first-order valence-electron chi connectivity index (χ1n) is 6.56. The van der Waals surface area contributed by atoms with Gasteiger partial charge in [-0.15, -0.1) is 0 Å². The highest BCUT2D eigenvalue weighted by Gasteiger charge is 2.46. The van der Waals surface area contributed by atoms with Crippen molar-refractivity contribution in [2.24, 2.45) is 5.41 Å². The van der Waals surface area contributed by atoms with Crippen LogP contribution in [0.4, 0.5) is 0 Å². The molecular formula is C13H23NO3S. The normalized spacial score (nSPS) is 33.2. The van der Waals surface area contributed by atoms with Gasteiger partial charge in [-0.2, -0.15) is 11.8 Å². The maximum absolute atomic E-state index is 11.3. The van der Waals surface area contributed by atoms with E-state index in [1.807, 2.05) is 11.8 Å². The lowest BCUT2D eigenvalue weighted by Gasteiger charge is -2.51. The molecule has 1 unspecified atom stereocenters. The van der Waals surface area contributed by atoms with Crippen LogP contribution in [0.25, 0.3) is 0 Å². The third-order valence-electron chi connectivity index (χ3n) is 3.83. The Morgan fingerprint density at radius 3 is 2.56 bits per heavy atom. The van der Waals surface area contributed by atoms with Crippen molar-refractivity contribution < 1.29 is 14.6 Å². The standard InChI is InChI=1S/C13H23NO3S/c1-12(2)8-13(7-11(15)16,10-18-9-12)14-3-5-17-6-4-14/h3-10H2,1-2H3,(H,15,16). The number of hydrogen-bond donors (Lipinski definition) is 1. The van der Waals surface area contributed by atoms with Crippen molar-refractivity contribution in [3.8, 4) is 0 Å². The summed E-state index contributed by atoms with van der Waals surface area (Å²) in [5, 5.41) is 9.26. The summed E-state index contributed by atoms with van der Waals surface area (Å²) in [5.41, 5.74) is 0.0404. The molecule has 1 atom stereocenters. The lowest BCUT2D eigenvalue weighted by atomic mass is 9.77. The molecule has 0 radical (unpaired) electrons. The Kier molecular flexibility index (Phi) is 4.24. The third-order valence-corrected chi connectivity index (χ3v) is 5.56. The zero-order chi connectivity index (χ0) is 13.2. The molecule has 0 amide bonds. The van der Waals surface area contributed by atoms with E-state index in [0.29, 0.717) is 0 Å². The van der Waals surface area contributed by atoms with Crippen LogP contribution in [-0.2, 0) is 9.53 Å². The van der Waals surface area contributed by atoms with Crippen molar-refractivity contribution in [2.75, 3.05) is 37.8 Å². The number of aliphatic carboxylic acids is 1. The number of carbonyl (C=O) groups is 1. The number of rotatable bonds is 3. The van der Waals surface area contributed by atoms with Crippen LogP contribution in [0.5, 0.6) is 0 Å². The zero-order valence-electron chi connectivity index (χ0n) is 11.3. The van der Waals surface area contributed by atoms with Gasteiger partial charge in [-0.1, -0.05) is 13.8 Å². The van der Waals surface area contributed by atoms with Crippen LogP contribution in [0.15, 0.2) is 0 Å². The van der Waals surface area contributed by atoms with Gasteiger partial charge in [-0.05, 0) is 17.6 Å². The van der Waals surface area contributed by atoms with Gasteiger partial charge < -0.3 is 9.84 Å². The Balaban J connectivity index is 2.18. The molecule has 0 aromatic rings. The minimum absolute atomic E-state index is 0.179. The molecule has 5 heteroatoms. The summed E-state index contributed by atoms with van der Waals surface area (Å²) in [5.74, 6) is 1.38. The van der Waals surface area contributed by atoms with E-state index < -0.39 is 5.97 Å². The monoisotopic (exact) mass is 273 g/mol. The fraction of sp³-hybridized carbons (Fsp3) is 0.923. The lowest BCUT2D eigenvalue weighted by Crippen LogP contribution is -2.59. The molecule has 0 saturated carbocycles. The Morgan fingerprint density at radius 2 is 2.00 bits per heavy atom. The Labute approximate surface area is 113 Å². The molecule has 2 saturated heterocycles. The molecule has 2 rings (SSSR count). The van der Waals surface area contributed by atoms with Crippen LogP contribution >= 0.6 is 11.8 Å². The van der Waals surface area contributed by atoms with Gasteiger partial charge in [0.2, 0.25) is 0 Å². The summed E-state index contributed by atoms with van der Waals surface area (Å²) in [6.45, 7) is 7.68. The molecule has 0 spiro atoms. The SMILES string of the molecule is CC1(C)CSCC(CC(=O)O)(N2CCOCC2)C1. The van der Waals surface area contributed by atoms with Crippen molar-refractivity contribution >= 4 is 17.7 Å². The van der Waals surface area contributed by atoms with E-state index >= 15 is 0 Å². The molecule has 0 aliphatic carbocycles. The van der Waals surface area contributed by atoms with Gasteiger partial charge in [0.1, 0.15) is 0 Å². The van der Waals surface area contributed by atoms with Crippen LogP contribution in [0, 0.1) is 5.41 Å². The third kappa shape index (κ3) is 3.19. The molecule has 2 aliphatic heterocycles. The highest BCUT2D eigenvalue weighted by molar-refractivity contribution is 7.99. The van der Waals surface area contributed by atoms with Crippen molar-refractivity contribution in [1.82, 2.24) is 4.90 Å². The van der Waals surface area contributed by atoms with Crippen molar-refractivity contribution in [2.45, 2.75) is 32.2 Å². The van der Waals surface area contributed by atoms with Gasteiger partial charge in [-0.3, -0.25) is 9.69 Å². The first-order chi connectivity index (χ1) is 8.44. The fourth-order valence-electron chi connectivity index (χ4n) is 3.26. The summed E-state index contributed by atoms with van der Waals surface area (Å²) in [4.78, 5) is 13.6. The molecule has 2 fully saturated rings. The van der Waals surface area contributed by atoms with Gasteiger partial charge in [0.05, 0.1) is 19.6 Å². The predicted molar refractivity (Wildman–Crippen MR) is 73.1 cm³/mol. The van der Waals surface area contributed by atoms with Crippen LogP contribution in [0.2, 0.25) is 0 Å². The summed E-state index contributed by atoms with van der Waals surface area (Å²) >= 11 is 1.90. The van der Waals surface area contributed by atoms with E-state index in [-0.39, 0.29) is 17.4 Å². The van der Waals surface area contributed by atoms with E-state index in [2.05, 4.69) is 18.7 Å². The molecule has 1 N–H and O–H groups in total. The Hall–Kier alpha value is -0.260. The molecule has 18 heavy (non-hydrogen) atoms. The quantitative estimate of drug-likeness (QED) is 0.848. The van der Waals surface area contributed by atoms with Crippen molar-refractivity contribution in [1.29, 1.82) is 0 Å². The number of carboxylic acids is 1. The Morgan fingerprint density at radius 1 is 1.33 bits per heavy atom. The van der Waals surface area contributed by atoms with Crippen LogP contribution < -0.4 is 0 Å². The predicted octanol–water partition coefficient (Wildman–Crippen LogP) is 1.70. The van der Waals surface area contributed by atoms with Gasteiger partial charge in [0.25, 0.3) is 0 Å². The lowest BCUT2D eigenvalue weighted by molar-refractivity contribution is -0.142. The first-order valence-corrected chi connectivity index (χ1v) is 7.71. The largest absolute Gasteiger partial charge is 0.481 e. The average Bonchev–Trinajstić information content (AvgIpc) is 2.28. The summed E-state index contributed by atoms with van der Waals surface area (Å²) in [6.07, 6.45) is 1.22. The van der Waals surface area contributed by atoms with Gasteiger partial charge in [-0.25, -0.2) is 0 Å². The van der Waals surface area contributed by atoms with Crippen LogP contribution in [-0.4, -0.2) is 59.3 Å². The van der Waals surface area contributed by atoms with E-state index in [1.54, 1.807) is 0 Å². The van der Waals surface area contributed by atoms with E-state index in [0.717, 1.165) is 44.2 Å². The van der Waals surface area contributed by atoms with Crippen LogP contribution in [0.3, 0.4) is 0 Å². The second-order valence-corrected chi connectivity index (χ2v) is 7.21. The second kappa shape index (κ2) is 5.39. The fourth-order valence-corrected chi connectivity index (χ4v) is 4.78. The van der Waals surface area contributed by atoms with E-state index in [1.165, 1.54) is 0 Å². The minimum atomic E-state index is -0.681. The summed E-state index contributed by atoms with van der Waals surface area (Å²) in [7, 11) is 0. The van der Waals surface area contributed by atoms with Crippen LogP contribution in [0.1, 0.15) is 26.7 Å². The Bertz CT molecular complexity index is 315. The van der Waals surface area contributed by atoms with Gasteiger partial charge in [0, 0.05) is 24.4 Å². The summed E-state index contributed by atoms with van der Waals surface area (Å²) < 4.78 is 5.40. The molecule has 2 aliphatic rings. The number of nitrogens with zero attached hydrogens (tertiary/aromatic N) is 1. The maximum atomic E-state index is 11.3. The maximum Gasteiger partial charge on any atom is 0.305 e. The number of thioether (sulfide) groups is 1. The van der Waals surface area contributed by atoms with Gasteiger partial charge >= 0.3 is 5.97 Å². The van der Waals surface area contributed by atoms with Crippen molar-refractivity contribution in [3.63, 3.8) is 0 Å². The highest BCUT2D eigenvalue weighted by Crippen LogP contribution is 2.44. The highest BCUT2D eigenvalue weighted by atomic mass is 32.2. The number of carboxylic acid groups (broad SMARTS) is 1. The molecule has 0 aromatic heterocycles. The molecule has 0 aromatic carbocycles. The first kappa shape index (κ1) is 14.2. The van der Waals surface area contributed by atoms with E-state index in [4.69, 9.17) is 4.74 Å². The second-order valence-electron chi connectivity index (χ2n) is 6.23.